The number of nitrogens with one attached hydrogen (secondary N) is 1. The van der Waals surface area contributed by atoms with Gasteiger partial charge in [0.1, 0.15) is 5.69 Å². The number of nitrogens with zero attached hydrogens (tertiary/aromatic N) is 2. The van der Waals surface area contributed by atoms with E-state index in [0.29, 0.717) is 28.0 Å². The Hall–Kier alpha value is -2.44. The van der Waals surface area contributed by atoms with Gasteiger partial charge in [-0.15, -0.1) is 0 Å². The summed E-state index contributed by atoms with van der Waals surface area (Å²) >= 11 is 0. The van der Waals surface area contributed by atoms with Crippen LogP contribution >= 0.6 is 0 Å². The van der Waals surface area contributed by atoms with Crippen LogP contribution in [0.3, 0.4) is 0 Å². The molecule has 3 aromatic rings. The Labute approximate surface area is 112 Å². The molecule has 0 amide bonds. The van der Waals surface area contributed by atoms with E-state index in [9.17, 15) is 13.2 Å². The molecule has 0 aliphatic heterocycles. The smallest absolute Gasteiger partial charge is 0.396 e. The predicted molar refractivity (Wildman–Crippen MR) is 69.9 cm³/mol. The highest BCUT2D eigenvalue weighted by Crippen LogP contribution is 2.34. The van der Waals surface area contributed by atoms with E-state index >= 15 is 0 Å². The Morgan fingerprint density at radius 2 is 2.00 bits per heavy atom. The highest BCUT2D eigenvalue weighted by atomic mass is 19.4. The minimum absolute atomic E-state index is 0.451. The van der Waals surface area contributed by atoms with Crippen LogP contribution in [-0.2, 0) is 13.2 Å². The molecule has 2 aromatic heterocycles. The Bertz CT molecular complexity index is 783. The minimum atomic E-state index is -4.35. The Morgan fingerprint density at radius 3 is 2.60 bits per heavy atom. The second kappa shape index (κ2) is 4.03. The van der Waals surface area contributed by atoms with Crippen LogP contribution in [0.4, 0.5) is 18.9 Å². The molecule has 20 heavy (non-hydrogen) atoms. The second-order valence-corrected chi connectivity index (χ2v) is 4.56. The van der Waals surface area contributed by atoms with Gasteiger partial charge in [0.15, 0.2) is 0 Å². The molecule has 0 radical (unpaired) electrons. The van der Waals surface area contributed by atoms with Gasteiger partial charge in [-0.05, 0) is 24.3 Å². The van der Waals surface area contributed by atoms with Gasteiger partial charge in [0, 0.05) is 18.0 Å². The van der Waals surface area contributed by atoms with Crippen molar-refractivity contribution in [1.29, 1.82) is 0 Å². The summed E-state index contributed by atoms with van der Waals surface area (Å²) in [5.41, 5.74) is 7.54. The fourth-order valence-corrected chi connectivity index (χ4v) is 2.27. The third-order valence-electron chi connectivity index (χ3n) is 3.29. The lowest BCUT2D eigenvalue weighted by Crippen LogP contribution is -2.04. The van der Waals surface area contributed by atoms with Gasteiger partial charge < -0.3 is 10.3 Å². The number of rotatable bonds is 1. The van der Waals surface area contributed by atoms with Crippen molar-refractivity contribution >= 4 is 16.6 Å². The summed E-state index contributed by atoms with van der Waals surface area (Å²) in [5.74, 6) is 0. The van der Waals surface area contributed by atoms with Crippen molar-refractivity contribution in [1.82, 2.24) is 14.8 Å². The maximum Gasteiger partial charge on any atom is 0.416 e. The standard InChI is InChI=1S/C13H11F3N4/c1-20-10-3-2-8(13(14,15)16)4-7(10)5-11(20)12-9(17)6-18-19-12/h2-6H,17H2,1H3,(H,18,19). The maximum atomic E-state index is 12.7. The number of hydrogen-bond donors (Lipinski definition) is 2. The normalized spacial score (nSPS) is 12.2. The van der Waals surface area contributed by atoms with Gasteiger partial charge in [0.25, 0.3) is 0 Å². The summed E-state index contributed by atoms with van der Waals surface area (Å²) in [6, 6.07) is 5.32. The van der Waals surface area contributed by atoms with Crippen LogP contribution in [0.2, 0.25) is 0 Å². The number of aryl methyl sites for hydroxylation is 1. The topological polar surface area (TPSA) is 59.6 Å². The lowest BCUT2D eigenvalue weighted by molar-refractivity contribution is -0.137. The van der Waals surface area contributed by atoms with Crippen molar-refractivity contribution < 1.29 is 13.2 Å². The largest absolute Gasteiger partial charge is 0.416 e. The first kappa shape index (κ1) is 12.6. The van der Waals surface area contributed by atoms with E-state index in [2.05, 4.69) is 10.2 Å². The van der Waals surface area contributed by atoms with Gasteiger partial charge in [-0.1, -0.05) is 0 Å². The second-order valence-electron chi connectivity index (χ2n) is 4.56. The summed E-state index contributed by atoms with van der Waals surface area (Å²) in [7, 11) is 1.77. The molecule has 4 nitrogen and oxygen atoms in total. The number of nitrogen functional groups attached to an aromatic ring is 1. The zero-order valence-corrected chi connectivity index (χ0v) is 10.5. The quantitative estimate of drug-likeness (QED) is 0.719. The van der Waals surface area contributed by atoms with Crippen LogP contribution in [0, 0.1) is 0 Å². The molecule has 2 heterocycles. The molecular weight excluding hydrogens is 269 g/mol. The van der Waals surface area contributed by atoms with Gasteiger partial charge in [-0.3, -0.25) is 5.10 Å². The number of aromatic amines is 1. The molecule has 0 saturated heterocycles. The van der Waals surface area contributed by atoms with E-state index < -0.39 is 11.7 Å². The van der Waals surface area contributed by atoms with Crippen LogP contribution in [-0.4, -0.2) is 14.8 Å². The molecule has 0 aliphatic rings. The van der Waals surface area contributed by atoms with E-state index in [4.69, 9.17) is 5.73 Å². The molecule has 1 aromatic carbocycles. The molecule has 0 bridgehead atoms. The van der Waals surface area contributed by atoms with Gasteiger partial charge in [-0.2, -0.15) is 18.3 Å². The number of alkyl halides is 3. The number of fused-ring (bicyclic) bond motifs is 1. The summed E-state index contributed by atoms with van der Waals surface area (Å²) in [6.45, 7) is 0. The van der Waals surface area contributed by atoms with Crippen molar-refractivity contribution in [2.75, 3.05) is 5.73 Å². The van der Waals surface area contributed by atoms with Crippen molar-refractivity contribution in [3.8, 4) is 11.4 Å². The number of H-pyrrole nitrogens is 1. The lowest BCUT2D eigenvalue weighted by atomic mass is 10.1. The van der Waals surface area contributed by atoms with Crippen LogP contribution < -0.4 is 5.73 Å². The average molecular weight is 280 g/mol. The molecule has 0 fully saturated rings. The predicted octanol–water partition coefficient (Wildman–Crippen LogP) is 3.17. The molecular formula is C13H11F3N4. The minimum Gasteiger partial charge on any atom is -0.396 e. The van der Waals surface area contributed by atoms with Gasteiger partial charge in [-0.25, -0.2) is 0 Å². The molecule has 0 unspecified atom stereocenters. The van der Waals surface area contributed by atoms with E-state index in [1.54, 1.807) is 17.7 Å². The summed E-state index contributed by atoms with van der Waals surface area (Å²) < 4.78 is 39.9. The van der Waals surface area contributed by atoms with E-state index in [-0.39, 0.29) is 0 Å². The first-order valence-electron chi connectivity index (χ1n) is 5.84. The Morgan fingerprint density at radius 1 is 1.25 bits per heavy atom. The highest BCUT2D eigenvalue weighted by Gasteiger charge is 2.30. The van der Waals surface area contributed by atoms with E-state index in [1.165, 1.54) is 12.3 Å². The fraction of sp³-hybridized carbons (Fsp3) is 0.154. The van der Waals surface area contributed by atoms with Crippen LogP contribution in [0.25, 0.3) is 22.3 Å². The van der Waals surface area contributed by atoms with E-state index in [1.807, 2.05) is 0 Å². The zero-order valence-electron chi connectivity index (χ0n) is 10.5. The SMILES string of the molecule is Cn1c(-c2[nH]ncc2N)cc2cc(C(F)(F)F)ccc21. The van der Waals surface area contributed by atoms with Crippen molar-refractivity contribution in [2.24, 2.45) is 7.05 Å². The number of aromatic nitrogens is 3. The van der Waals surface area contributed by atoms with Crippen LogP contribution in [0.1, 0.15) is 5.56 Å². The number of halogens is 3. The fourth-order valence-electron chi connectivity index (χ4n) is 2.27. The first-order chi connectivity index (χ1) is 9.38. The molecule has 104 valence electrons. The Kier molecular flexibility index (Phi) is 2.53. The number of hydrogen-bond acceptors (Lipinski definition) is 2. The van der Waals surface area contributed by atoms with Gasteiger partial charge in [0.05, 0.1) is 23.1 Å². The number of benzene rings is 1. The summed E-state index contributed by atoms with van der Waals surface area (Å²) in [6.07, 6.45) is -2.88. The first-order valence-corrected chi connectivity index (χ1v) is 5.84. The molecule has 0 spiro atoms. The molecule has 7 heteroatoms. The third-order valence-corrected chi connectivity index (χ3v) is 3.29. The monoisotopic (exact) mass is 280 g/mol. The van der Waals surface area contributed by atoms with Crippen molar-refractivity contribution in [3.63, 3.8) is 0 Å². The average Bonchev–Trinajstić information content (AvgIpc) is 2.92. The Balaban J connectivity index is 2.22. The zero-order chi connectivity index (χ0) is 14.5. The highest BCUT2D eigenvalue weighted by molar-refractivity contribution is 5.88. The molecule has 3 N–H and O–H groups in total. The van der Waals surface area contributed by atoms with Crippen molar-refractivity contribution in [2.45, 2.75) is 6.18 Å². The third kappa shape index (κ3) is 1.82. The number of anilines is 1. The summed E-state index contributed by atoms with van der Waals surface area (Å²) in [5, 5.41) is 7.08. The molecule has 0 atom stereocenters. The van der Waals surface area contributed by atoms with Crippen LogP contribution in [0.5, 0.6) is 0 Å². The number of nitrogens with two attached hydrogens (primary N) is 1. The summed E-state index contributed by atoms with van der Waals surface area (Å²) in [4.78, 5) is 0. The van der Waals surface area contributed by atoms with Crippen molar-refractivity contribution in [3.05, 3.63) is 36.0 Å². The van der Waals surface area contributed by atoms with Gasteiger partial charge in [0.2, 0.25) is 0 Å². The molecule has 0 aliphatic carbocycles. The molecule has 0 saturated carbocycles. The maximum absolute atomic E-state index is 12.7. The lowest BCUT2D eigenvalue weighted by Gasteiger charge is -2.06. The van der Waals surface area contributed by atoms with Crippen LogP contribution in [0.15, 0.2) is 30.5 Å². The van der Waals surface area contributed by atoms with E-state index in [0.717, 1.165) is 12.1 Å². The molecule has 3 rings (SSSR count). The van der Waals surface area contributed by atoms with Gasteiger partial charge >= 0.3 is 6.18 Å².